The number of hydrogen-bond donors (Lipinski definition) is 3. The van der Waals surface area contributed by atoms with Crippen LogP contribution in [0.2, 0.25) is 5.02 Å². The molecule has 3 N–H and O–H groups in total. The number of nitrogens with zero attached hydrogens (tertiary/aromatic N) is 1. The van der Waals surface area contributed by atoms with E-state index in [0.717, 1.165) is 44.0 Å². The summed E-state index contributed by atoms with van der Waals surface area (Å²) in [6.45, 7) is 7.60. The first-order valence-corrected chi connectivity index (χ1v) is 9.78. The van der Waals surface area contributed by atoms with E-state index < -0.39 is 0 Å². The molecule has 1 aliphatic rings. The number of rotatable bonds is 6. The Bertz CT molecular complexity index is 769. The molecule has 0 radical (unpaired) electrons. The molecule has 0 spiro atoms. The fourth-order valence-electron chi connectivity index (χ4n) is 3.36. The maximum atomic E-state index is 12.2. The van der Waals surface area contributed by atoms with E-state index in [-0.39, 0.29) is 5.91 Å². The van der Waals surface area contributed by atoms with Crippen molar-refractivity contribution in [3.8, 4) is 0 Å². The minimum absolute atomic E-state index is 0.0372. The van der Waals surface area contributed by atoms with Crippen molar-refractivity contribution in [1.29, 1.82) is 0 Å². The molecule has 1 saturated heterocycles. The highest BCUT2D eigenvalue weighted by Crippen LogP contribution is 2.09. The van der Waals surface area contributed by atoms with Crippen molar-refractivity contribution < 1.29 is 14.6 Å². The van der Waals surface area contributed by atoms with Crippen LogP contribution < -0.4 is 15.2 Å². The Hall–Kier alpha value is -2.21. The molecule has 3 rings (SSSR count). The number of carbonyl (C=O) groups excluding carboxylic acids is 1. The van der Waals surface area contributed by atoms with Gasteiger partial charge in [0.05, 0.1) is 5.71 Å². The normalized spacial score (nSPS) is 20.3. The first-order valence-electron chi connectivity index (χ1n) is 9.40. The lowest BCUT2D eigenvalue weighted by Gasteiger charge is -2.29. The molecule has 0 unspecified atom stereocenters. The zero-order valence-electron chi connectivity index (χ0n) is 15.7. The average molecular weight is 387 g/mol. The summed E-state index contributed by atoms with van der Waals surface area (Å²) >= 11 is 5.89. The Balaban J connectivity index is 1.41. The first-order chi connectivity index (χ1) is 13.1. The topological polar surface area (TPSA) is 50.3 Å². The van der Waals surface area contributed by atoms with E-state index in [9.17, 15) is 4.79 Å². The molecule has 2 aromatic rings. The number of quaternary nitrogens is 2. The molecule has 2 aromatic carbocycles. The van der Waals surface area contributed by atoms with Crippen molar-refractivity contribution in [3.05, 3.63) is 70.7 Å². The summed E-state index contributed by atoms with van der Waals surface area (Å²) in [5.41, 5.74) is 5.78. The van der Waals surface area contributed by atoms with Crippen molar-refractivity contribution in [2.24, 2.45) is 5.10 Å². The summed E-state index contributed by atoms with van der Waals surface area (Å²) < 4.78 is 0. The molecule has 0 aliphatic carbocycles. The van der Waals surface area contributed by atoms with Gasteiger partial charge in [0.2, 0.25) is 0 Å². The van der Waals surface area contributed by atoms with Gasteiger partial charge in [-0.25, -0.2) is 5.43 Å². The Morgan fingerprint density at radius 3 is 2.30 bits per heavy atom. The van der Waals surface area contributed by atoms with Gasteiger partial charge < -0.3 is 9.80 Å². The van der Waals surface area contributed by atoms with Crippen molar-refractivity contribution in [2.45, 2.75) is 13.5 Å². The monoisotopic (exact) mass is 386 g/mol. The van der Waals surface area contributed by atoms with Crippen LogP contribution in [0.4, 0.5) is 0 Å². The van der Waals surface area contributed by atoms with Gasteiger partial charge in [-0.05, 0) is 24.6 Å². The van der Waals surface area contributed by atoms with Crippen molar-refractivity contribution in [2.75, 3.05) is 32.7 Å². The van der Waals surface area contributed by atoms with Crippen molar-refractivity contribution in [1.82, 2.24) is 5.43 Å². The molecular weight excluding hydrogens is 360 g/mol. The van der Waals surface area contributed by atoms with Gasteiger partial charge in [-0.3, -0.25) is 4.79 Å². The molecular formula is C21H27ClN4O+2. The van der Waals surface area contributed by atoms with E-state index >= 15 is 0 Å². The average Bonchev–Trinajstić information content (AvgIpc) is 2.69. The molecule has 27 heavy (non-hydrogen) atoms. The van der Waals surface area contributed by atoms with E-state index in [1.807, 2.05) is 31.2 Å². The second-order valence-electron chi connectivity index (χ2n) is 7.08. The summed E-state index contributed by atoms with van der Waals surface area (Å²) in [6, 6.07) is 18.0. The highest BCUT2D eigenvalue weighted by Gasteiger charge is 2.24. The smallest absolute Gasteiger partial charge is 0.295 e. The number of piperazine rings is 1. The van der Waals surface area contributed by atoms with Gasteiger partial charge in [0.15, 0.2) is 6.54 Å². The predicted molar refractivity (Wildman–Crippen MR) is 108 cm³/mol. The number of amides is 1. The number of carbonyl (C=O) groups is 1. The summed E-state index contributed by atoms with van der Waals surface area (Å²) in [5.74, 6) is -0.0372. The van der Waals surface area contributed by atoms with Gasteiger partial charge in [0.25, 0.3) is 5.91 Å². The van der Waals surface area contributed by atoms with E-state index in [1.54, 1.807) is 4.90 Å². The lowest BCUT2D eigenvalue weighted by atomic mass is 10.1. The molecule has 6 heteroatoms. The number of hydrazone groups is 1. The molecule has 5 nitrogen and oxygen atoms in total. The highest BCUT2D eigenvalue weighted by molar-refractivity contribution is 6.30. The standard InChI is InChI=1S/C21H25ClN4O/c1-17(19-7-9-20(22)10-8-19)23-24-21(27)16-26-13-11-25(12-14-26)15-18-5-3-2-4-6-18/h2-10H,11-16H2,1H3,(H,24,27)/p+2/b23-17+. The molecule has 1 amide bonds. The molecule has 1 fully saturated rings. The first kappa shape index (κ1) is 19.5. The van der Waals surface area contributed by atoms with Crippen LogP contribution in [0, 0.1) is 0 Å². The van der Waals surface area contributed by atoms with Gasteiger partial charge in [0, 0.05) is 10.6 Å². The number of nitrogens with one attached hydrogen (secondary N) is 3. The van der Waals surface area contributed by atoms with Crippen LogP contribution in [0.5, 0.6) is 0 Å². The molecule has 142 valence electrons. The third kappa shape index (κ3) is 6.17. The highest BCUT2D eigenvalue weighted by atomic mass is 35.5. The van der Waals surface area contributed by atoms with E-state index in [0.29, 0.717) is 11.6 Å². The largest absolute Gasteiger partial charge is 0.322 e. The summed E-state index contributed by atoms with van der Waals surface area (Å²) in [7, 11) is 0. The zero-order valence-corrected chi connectivity index (χ0v) is 16.4. The van der Waals surface area contributed by atoms with Gasteiger partial charge in [-0.1, -0.05) is 54.1 Å². The number of halogens is 1. The van der Waals surface area contributed by atoms with Crippen LogP contribution in [-0.4, -0.2) is 44.3 Å². The molecule has 1 aliphatic heterocycles. The zero-order chi connectivity index (χ0) is 19.1. The van der Waals surface area contributed by atoms with Gasteiger partial charge in [-0.2, -0.15) is 5.10 Å². The van der Waals surface area contributed by atoms with Crippen LogP contribution in [0.15, 0.2) is 59.7 Å². The van der Waals surface area contributed by atoms with E-state index in [4.69, 9.17) is 11.6 Å². The fourth-order valence-corrected chi connectivity index (χ4v) is 3.49. The summed E-state index contributed by atoms with van der Waals surface area (Å²) in [5, 5.41) is 4.90. The Morgan fingerprint density at radius 1 is 1.00 bits per heavy atom. The maximum Gasteiger partial charge on any atom is 0.295 e. The lowest BCUT2D eigenvalue weighted by Crippen LogP contribution is -3.28. The third-order valence-electron chi connectivity index (χ3n) is 4.98. The van der Waals surface area contributed by atoms with Crippen LogP contribution >= 0.6 is 11.6 Å². The minimum Gasteiger partial charge on any atom is -0.322 e. The van der Waals surface area contributed by atoms with Gasteiger partial charge in [0.1, 0.15) is 32.7 Å². The minimum atomic E-state index is -0.0372. The molecule has 0 bridgehead atoms. The Labute approximate surface area is 165 Å². The fraction of sp³-hybridized carbons (Fsp3) is 0.333. The second kappa shape index (κ2) is 9.65. The SMILES string of the molecule is C/C(=N\NC(=O)C[NH+]1CC[NH+](Cc2ccccc2)CC1)c1ccc(Cl)cc1. The van der Waals surface area contributed by atoms with E-state index in [2.05, 4.69) is 40.9 Å². The second-order valence-corrected chi connectivity index (χ2v) is 7.51. The third-order valence-corrected chi connectivity index (χ3v) is 5.23. The van der Waals surface area contributed by atoms with Gasteiger partial charge >= 0.3 is 0 Å². The number of hydrogen-bond acceptors (Lipinski definition) is 2. The molecule has 0 aromatic heterocycles. The van der Waals surface area contributed by atoms with Crippen molar-refractivity contribution >= 4 is 23.2 Å². The lowest BCUT2D eigenvalue weighted by molar-refractivity contribution is -1.02. The van der Waals surface area contributed by atoms with E-state index in [1.165, 1.54) is 10.5 Å². The number of benzene rings is 2. The van der Waals surface area contributed by atoms with Crippen LogP contribution in [0.3, 0.4) is 0 Å². The van der Waals surface area contributed by atoms with Crippen LogP contribution in [-0.2, 0) is 11.3 Å². The molecule has 1 heterocycles. The summed E-state index contributed by atoms with van der Waals surface area (Å²) in [4.78, 5) is 15.1. The Kier molecular flexibility index (Phi) is 6.98. The maximum absolute atomic E-state index is 12.2. The Morgan fingerprint density at radius 2 is 1.63 bits per heavy atom. The van der Waals surface area contributed by atoms with Crippen LogP contribution in [0.25, 0.3) is 0 Å². The predicted octanol–water partition coefficient (Wildman–Crippen LogP) is 0.164. The van der Waals surface area contributed by atoms with Crippen LogP contribution in [0.1, 0.15) is 18.1 Å². The molecule has 0 atom stereocenters. The van der Waals surface area contributed by atoms with Crippen molar-refractivity contribution in [3.63, 3.8) is 0 Å². The molecule has 0 saturated carbocycles. The van der Waals surface area contributed by atoms with Gasteiger partial charge in [-0.15, -0.1) is 0 Å². The quantitative estimate of drug-likeness (QED) is 0.481. The summed E-state index contributed by atoms with van der Waals surface area (Å²) in [6.07, 6.45) is 0.